The van der Waals surface area contributed by atoms with E-state index in [9.17, 15) is 23.1 Å². The Bertz CT molecular complexity index is 537. The average molecular weight is 303 g/mol. The first-order valence-corrected chi connectivity index (χ1v) is 6.65. The summed E-state index contributed by atoms with van der Waals surface area (Å²) in [6, 6.07) is 1.89. The van der Waals surface area contributed by atoms with E-state index in [0.29, 0.717) is 26.3 Å². The van der Waals surface area contributed by atoms with Gasteiger partial charge in [-0.15, -0.1) is 0 Å². The predicted molar refractivity (Wildman–Crippen MR) is 70.8 cm³/mol. The van der Waals surface area contributed by atoms with Crippen molar-refractivity contribution in [1.29, 1.82) is 0 Å². The summed E-state index contributed by atoms with van der Waals surface area (Å²) < 4.78 is 44.6. The second-order valence-electron chi connectivity index (χ2n) is 4.74. The molecule has 4 nitrogen and oxygen atoms in total. The van der Waals surface area contributed by atoms with Crippen molar-refractivity contribution in [1.82, 2.24) is 0 Å². The van der Waals surface area contributed by atoms with Crippen LogP contribution in [0.5, 0.6) is 0 Å². The molecular formula is C14H16F3NO3. The van der Waals surface area contributed by atoms with E-state index in [1.807, 2.05) is 0 Å². The lowest BCUT2D eigenvalue weighted by Gasteiger charge is -2.32. The summed E-state index contributed by atoms with van der Waals surface area (Å²) in [5, 5.41) is 9.27. The molecule has 0 radical (unpaired) electrons. The van der Waals surface area contributed by atoms with Crippen molar-refractivity contribution < 1.29 is 27.8 Å². The highest BCUT2D eigenvalue weighted by molar-refractivity contribution is 5.96. The first kappa shape index (κ1) is 15.6. The fourth-order valence-electron chi connectivity index (χ4n) is 2.58. The van der Waals surface area contributed by atoms with Crippen molar-refractivity contribution in [3.63, 3.8) is 0 Å². The lowest BCUT2D eigenvalue weighted by Crippen LogP contribution is -2.38. The number of rotatable bonds is 3. The number of alkyl halides is 3. The number of aromatic carboxylic acids is 1. The molecule has 1 saturated heterocycles. The number of halogens is 3. The third kappa shape index (κ3) is 3.12. The highest BCUT2D eigenvalue weighted by atomic mass is 19.4. The number of anilines is 1. The van der Waals surface area contributed by atoms with E-state index in [4.69, 9.17) is 4.74 Å². The summed E-state index contributed by atoms with van der Waals surface area (Å²) in [6.45, 7) is 3.11. The molecule has 1 aliphatic heterocycles. The molecule has 0 spiro atoms. The zero-order chi connectivity index (χ0) is 15.6. The molecule has 1 fully saturated rings. The van der Waals surface area contributed by atoms with Gasteiger partial charge in [0.2, 0.25) is 0 Å². The monoisotopic (exact) mass is 303 g/mol. The largest absolute Gasteiger partial charge is 0.478 e. The van der Waals surface area contributed by atoms with Crippen LogP contribution in [0.4, 0.5) is 18.9 Å². The lowest BCUT2D eigenvalue weighted by atomic mass is 9.97. The van der Waals surface area contributed by atoms with Crippen LogP contribution in [0.15, 0.2) is 12.1 Å². The van der Waals surface area contributed by atoms with E-state index in [-0.39, 0.29) is 23.2 Å². The van der Waals surface area contributed by atoms with Crippen LogP contribution >= 0.6 is 0 Å². The molecule has 0 aliphatic carbocycles. The molecule has 0 amide bonds. The predicted octanol–water partition coefficient (Wildman–Crippen LogP) is 2.80. The van der Waals surface area contributed by atoms with E-state index in [2.05, 4.69) is 0 Å². The maximum Gasteiger partial charge on any atom is 0.416 e. The van der Waals surface area contributed by atoms with Crippen molar-refractivity contribution in [3.8, 4) is 0 Å². The van der Waals surface area contributed by atoms with Crippen LogP contribution < -0.4 is 4.90 Å². The van der Waals surface area contributed by atoms with Crippen molar-refractivity contribution in [3.05, 3.63) is 28.8 Å². The van der Waals surface area contributed by atoms with Crippen molar-refractivity contribution in [2.24, 2.45) is 0 Å². The van der Waals surface area contributed by atoms with E-state index in [0.717, 1.165) is 12.1 Å². The van der Waals surface area contributed by atoms with Gasteiger partial charge in [0.05, 0.1) is 30.0 Å². The van der Waals surface area contributed by atoms with Crippen LogP contribution in [-0.2, 0) is 17.3 Å². The normalized spacial score (nSPS) is 16.1. The molecule has 0 unspecified atom stereocenters. The van der Waals surface area contributed by atoms with Crippen LogP contribution in [0.2, 0.25) is 0 Å². The third-order valence-electron chi connectivity index (χ3n) is 3.50. The maximum absolute atomic E-state index is 13.1. The van der Waals surface area contributed by atoms with Gasteiger partial charge in [-0.2, -0.15) is 13.2 Å². The Labute approximate surface area is 120 Å². The molecule has 1 aromatic rings. The van der Waals surface area contributed by atoms with Gasteiger partial charge in [0.15, 0.2) is 0 Å². The van der Waals surface area contributed by atoms with Crippen LogP contribution in [0.3, 0.4) is 0 Å². The lowest BCUT2D eigenvalue weighted by molar-refractivity contribution is -0.138. The Morgan fingerprint density at radius 2 is 1.95 bits per heavy atom. The zero-order valence-electron chi connectivity index (χ0n) is 11.5. The smallest absolute Gasteiger partial charge is 0.416 e. The Morgan fingerprint density at radius 3 is 2.43 bits per heavy atom. The van der Waals surface area contributed by atoms with Gasteiger partial charge in [-0.05, 0) is 24.1 Å². The number of morpholine rings is 1. The van der Waals surface area contributed by atoms with E-state index < -0.39 is 17.7 Å². The minimum absolute atomic E-state index is 0.0318. The molecule has 1 N–H and O–H groups in total. The maximum atomic E-state index is 13.1. The molecule has 0 bridgehead atoms. The molecule has 1 aromatic carbocycles. The second-order valence-corrected chi connectivity index (χ2v) is 4.74. The van der Waals surface area contributed by atoms with Crippen LogP contribution in [0.1, 0.15) is 28.4 Å². The number of carboxylic acid groups (broad SMARTS) is 1. The van der Waals surface area contributed by atoms with Gasteiger partial charge in [0.25, 0.3) is 0 Å². The summed E-state index contributed by atoms with van der Waals surface area (Å²) in [5.74, 6) is -1.22. The van der Waals surface area contributed by atoms with E-state index in [1.54, 1.807) is 11.8 Å². The quantitative estimate of drug-likeness (QED) is 0.933. The van der Waals surface area contributed by atoms with Crippen molar-refractivity contribution in [2.75, 3.05) is 31.2 Å². The van der Waals surface area contributed by atoms with E-state index >= 15 is 0 Å². The van der Waals surface area contributed by atoms with Gasteiger partial charge in [0, 0.05) is 13.1 Å². The highest BCUT2D eigenvalue weighted by Gasteiger charge is 2.36. The van der Waals surface area contributed by atoms with Gasteiger partial charge in [-0.3, -0.25) is 0 Å². The molecule has 7 heteroatoms. The molecule has 1 aliphatic rings. The zero-order valence-corrected chi connectivity index (χ0v) is 11.5. The number of hydrogen-bond donors (Lipinski definition) is 1. The Morgan fingerprint density at radius 1 is 1.33 bits per heavy atom. The average Bonchev–Trinajstić information content (AvgIpc) is 2.45. The molecule has 21 heavy (non-hydrogen) atoms. The van der Waals surface area contributed by atoms with Gasteiger partial charge in [-0.25, -0.2) is 4.79 Å². The van der Waals surface area contributed by atoms with Crippen LogP contribution in [-0.4, -0.2) is 37.4 Å². The topological polar surface area (TPSA) is 49.8 Å². The molecule has 0 aromatic heterocycles. The number of nitrogens with zero attached hydrogens (tertiary/aromatic N) is 1. The first-order chi connectivity index (χ1) is 9.86. The number of ether oxygens (including phenoxy) is 1. The summed E-state index contributed by atoms with van der Waals surface area (Å²) >= 11 is 0. The highest BCUT2D eigenvalue weighted by Crippen LogP contribution is 2.38. The van der Waals surface area contributed by atoms with Gasteiger partial charge in [-0.1, -0.05) is 6.92 Å². The molecule has 116 valence electrons. The summed E-state index contributed by atoms with van der Waals surface area (Å²) in [7, 11) is 0. The summed E-state index contributed by atoms with van der Waals surface area (Å²) in [6.07, 6.45) is -4.38. The Balaban J connectivity index is 2.63. The van der Waals surface area contributed by atoms with Gasteiger partial charge >= 0.3 is 12.1 Å². The minimum atomic E-state index is -4.50. The number of benzene rings is 1. The number of carbonyl (C=O) groups is 1. The SMILES string of the molecule is CCc1c(C(F)(F)F)ccc(C(=O)O)c1N1CCOCC1. The Hall–Kier alpha value is -1.76. The fourth-order valence-corrected chi connectivity index (χ4v) is 2.58. The molecular weight excluding hydrogens is 287 g/mol. The summed E-state index contributed by atoms with van der Waals surface area (Å²) in [5.41, 5.74) is -0.661. The van der Waals surface area contributed by atoms with Crippen LogP contribution in [0, 0.1) is 0 Å². The van der Waals surface area contributed by atoms with Crippen molar-refractivity contribution in [2.45, 2.75) is 19.5 Å². The van der Waals surface area contributed by atoms with Gasteiger partial charge < -0.3 is 14.7 Å². The van der Waals surface area contributed by atoms with Crippen molar-refractivity contribution >= 4 is 11.7 Å². The molecule has 2 rings (SSSR count). The summed E-state index contributed by atoms with van der Waals surface area (Å²) in [4.78, 5) is 13.0. The number of carboxylic acids is 1. The molecule has 0 atom stereocenters. The molecule has 0 saturated carbocycles. The Kier molecular flexibility index (Phi) is 4.41. The minimum Gasteiger partial charge on any atom is -0.478 e. The third-order valence-corrected chi connectivity index (χ3v) is 3.50. The number of hydrogen-bond acceptors (Lipinski definition) is 3. The second kappa shape index (κ2) is 5.93. The standard InChI is InChI=1S/C14H16F3NO3/c1-2-9-11(14(15,16)17)4-3-10(13(19)20)12(9)18-5-7-21-8-6-18/h3-4H,2,5-8H2,1H3,(H,19,20). The van der Waals surface area contributed by atoms with Gasteiger partial charge in [0.1, 0.15) is 0 Å². The van der Waals surface area contributed by atoms with Crippen LogP contribution in [0.25, 0.3) is 0 Å². The fraction of sp³-hybridized carbons (Fsp3) is 0.500. The van der Waals surface area contributed by atoms with E-state index in [1.165, 1.54) is 0 Å². The first-order valence-electron chi connectivity index (χ1n) is 6.65. The molecule has 1 heterocycles.